The molecule has 2 heterocycles. The van der Waals surface area contributed by atoms with E-state index >= 15 is 0 Å². The Labute approximate surface area is 167 Å². The lowest BCUT2D eigenvalue weighted by Crippen LogP contribution is -2.35. The number of likely N-dealkylation sites (tertiary alicyclic amines) is 1. The highest BCUT2D eigenvalue weighted by molar-refractivity contribution is 6.21. The van der Waals surface area contributed by atoms with Crippen molar-refractivity contribution in [2.45, 2.75) is 19.3 Å². The van der Waals surface area contributed by atoms with Crippen molar-refractivity contribution in [3.63, 3.8) is 0 Å². The van der Waals surface area contributed by atoms with Gasteiger partial charge in [-0.3, -0.25) is 33.8 Å². The first-order chi connectivity index (χ1) is 14.0. The van der Waals surface area contributed by atoms with Crippen molar-refractivity contribution in [1.82, 2.24) is 9.80 Å². The number of amides is 4. The van der Waals surface area contributed by atoms with Gasteiger partial charge in [0, 0.05) is 6.54 Å². The molecule has 0 bridgehead atoms. The van der Waals surface area contributed by atoms with E-state index in [4.69, 9.17) is 4.74 Å². The van der Waals surface area contributed by atoms with Crippen LogP contribution in [0.2, 0.25) is 0 Å². The topological polar surface area (TPSA) is 101 Å². The molecule has 0 unspecified atom stereocenters. The quantitative estimate of drug-likeness (QED) is 0.406. The van der Waals surface area contributed by atoms with Gasteiger partial charge in [0.25, 0.3) is 11.8 Å². The minimum Gasteiger partial charge on any atom is -0.464 e. The third-order valence-electron chi connectivity index (χ3n) is 5.59. The molecule has 1 aliphatic carbocycles. The van der Waals surface area contributed by atoms with E-state index < -0.39 is 17.8 Å². The van der Waals surface area contributed by atoms with E-state index in [1.54, 1.807) is 24.3 Å². The summed E-state index contributed by atoms with van der Waals surface area (Å²) in [5, 5.41) is 0. The summed E-state index contributed by atoms with van der Waals surface area (Å²) in [7, 11) is 0. The second-order valence-corrected chi connectivity index (χ2v) is 7.26. The van der Waals surface area contributed by atoms with E-state index in [2.05, 4.69) is 0 Å². The van der Waals surface area contributed by atoms with E-state index in [0.29, 0.717) is 24.0 Å². The van der Waals surface area contributed by atoms with Crippen LogP contribution in [0.1, 0.15) is 40.0 Å². The third kappa shape index (κ3) is 3.35. The molecule has 0 radical (unpaired) electrons. The van der Waals surface area contributed by atoms with Crippen molar-refractivity contribution >= 4 is 29.6 Å². The van der Waals surface area contributed by atoms with E-state index in [-0.39, 0.29) is 49.8 Å². The normalized spacial score (nSPS) is 22.9. The number of carbonyl (C=O) groups excluding carboxylic acids is 5. The van der Waals surface area contributed by atoms with Gasteiger partial charge < -0.3 is 4.74 Å². The standard InChI is InChI=1S/C21H20N2O6/c24-17(9-10-22-18(25)13-5-1-2-6-14(13)19(22)26)29-12-11-23-20(27)15-7-3-4-8-16(15)21(23)28/h1-4,7-8,13-14H,5-6,9-12H2/t13-,14-/m1/s1. The molecule has 150 valence electrons. The van der Waals surface area contributed by atoms with E-state index in [1.807, 2.05) is 12.2 Å². The van der Waals surface area contributed by atoms with Gasteiger partial charge >= 0.3 is 5.97 Å². The van der Waals surface area contributed by atoms with Gasteiger partial charge in [-0.2, -0.15) is 0 Å². The number of imide groups is 2. The molecule has 2 atom stereocenters. The molecule has 0 spiro atoms. The van der Waals surface area contributed by atoms with Crippen molar-refractivity contribution in [1.29, 1.82) is 0 Å². The van der Waals surface area contributed by atoms with Crippen LogP contribution in [0.25, 0.3) is 0 Å². The number of rotatable bonds is 6. The Morgan fingerprint density at radius 2 is 1.41 bits per heavy atom. The van der Waals surface area contributed by atoms with Crippen LogP contribution in [-0.2, 0) is 19.1 Å². The molecule has 8 heteroatoms. The van der Waals surface area contributed by atoms with Gasteiger partial charge in [-0.05, 0) is 25.0 Å². The van der Waals surface area contributed by atoms with Gasteiger partial charge in [0.1, 0.15) is 6.61 Å². The molecular formula is C21H20N2O6. The summed E-state index contributed by atoms with van der Waals surface area (Å²) in [4.78, 5) is 63.5. The third-order valence-corrected chi connectivity index (χ3v) is 5.59. The van der Waals surface area contributed by atoms with E-state index in [9.17, 15) is 24.0 Å². The smallest absolute Gasteiger partial charge is 0.307 e. The molecule has 8 nitrogen and oxygen atoms in total. The predicted octanol–water partition coefficient (Wildman–Crippen LogP) is 1.17. The lowest BCUT2D eigenvalue weighted by atomic mass is 9.85. The van der Waals surface area contributed by atoms with Crippen molar-refractivity contribution in [2.75, 3.05) is 19.7 Å². The predicted molar refractivity (Wildman–Crippen MR) is 99.5 cm³/mol. The van der Waals surface area contributed by atoms with Crippen LogP contribution in [0.3, 0.4) is 0 Å². The van der Waals surface area contributed by atoms with Crippen LogP contribution in [0.4, 0.5) is 0 Å². The van der Waals surface area contributed by atoms with Gasteiger partial charge in [0.2, 0.25) is 11.8 Å². The lowest BCUT2D eigenvalue weighted by Gasteiger charge is -2.15. The summed E-state index contributed by atoms with van der Waals surface area (Å²) in [5.41, 5.74) is 0.677. The highest BCUT2D eigenvalue weighted by atomic mass is 16.5. The summed E-state index contributed by atoms with van der Waals surface area (Å²) in [6, 6.07) is 6.53. The Morgan fingerprint density at radius 1 is 0.862 bits per heavy atom. The first-order valence-corrected chi connectivity index (χ1v) is 9.60. The van der Waals surface area contributed by atoms with Crippen LogP contribution in [-0.4, -0.2) is 59.1 Å². The van der Waals surface area contributed by atoms with Gasteiger partial charge in [-0.15, -0.1) is 0 Å². The van der Waals surface area contributed by atoms with Crippen LogP contribution >= 0.6 is 0 Å². The van der Waals surface area contributed by atoms with Gasteiger partial charge in [-0.1, -0.05) is 24.3 Å². The van der Waals surface area contributed by atoms with Gasteiger partial charge in [0.15, 0.2) is 0 Å². The van der Waals surface area contributed by atoms with Gasteiger partial charge in [0.05, 0.1) is 35.9 Å². The summed E-state index contributed by atoms with van der Waals surface area (Å²) >= 11 is 0. The Kier molecular flexibility index (Phi) is 5.00. The fourth-order valence-corrected chi connectivity index (χ4v) is 4.06. The highest BCUT2D eigenvalue weighted by Gasteiger charge is 2.47. The minimum atomic E-state index is -0.588. The monoisotopic (exact) mass is 396 g/mol. The largest absolute Gasteiger partial charge is 0.464 e. The fourth-order valence-electron chi connectivity index (χ4n) is 4.06. The Bertz CT molecular complexity index is 876. The van der Waals surface area contributed by atoms with Gasteiger partial charge in [-0.25, -0.2) is 0 Å². The number of nitrogens with zero attached hydrogens (tertiary/aromatic N) is 2. The summed E-state index contributed by atoms with van der Waals surface area (Å²) < 4.78 is 5.10. The maximum atomic E-state index is 12.4. The number of hydrogen-bond acceptors (Lipinski definition) is 6. The zero-order valence-corrected chi connectivity index (χ0v) is 15.7. The van der Waals surface area contributed by atoms with Crippen LogP contribution in [0, 0.1) is 11.8 Å². The maximum absolute atomic E-state index is 12.4. The zero-order valence-electron chi connectivity index (χ0n) is 15.7. The molecule has 4 rings (SSSR count). The summed E-state index contributed by atoms with van der Waals surface area (Å²) in [6.07, 6.45) is 4.80. The number of fused-ring (bicyclic) bond motifs is 2. The average molecular weight is 396 g/mol. The number of esters is 1. The molecule has 29 heavy (non-hydrogen) atoms. The second kappa shape index (κ2) is 7.62. The van der Waals surface area contributed by atoms with Crippen molar-refractivity contribution in [2.24, 2.45) is 11.8 Å². The van der Waals surface area contributed by atoms with Crippen molar-refractivity contribution in [3.05, 3.63) is 47.5 Å². The average Bonchev–Trinajstić information content (AvgIpc) is 3.12. The number of allylic oxidation sites excluding steroid dienone is 2. The molecule has 1 saturated heterocycles. The zero-order chi connectivity index (χ0) is 20.5. The molecule has 0 saturated carbocycles. The summed E-state index contributed by atoms with van der Waals surface area (Å²) in [6.45, 7) is -0.201. The molecule has 1 fully saturated rings. The first-order valence-electron chi connectivity index (χ1n) is 9.60. The van der Waals surface area contributed by atoms with Crippen LogP contribution in [0.5, 0.6) is 0 Å². The SMILES string of the molecule is O=C(CCN1C(=O)[C@@H]2CC=CC[C@H]2C1=O)OCCN1C(=O)c2ccccc2C1=O. The maximum Gasteiger partial charge on any atom is 0.307 e. The van der Waals surface area contributed by atoms with E-state index in [1.165, 1.54) is 0 Å². The lowest BCUT2D eigenvalue weighted by molar-refractivity contribution is -0.146. The summed E-state index contributed by atoms with van der Waals surface area (Å²) in [5.74, 6) is -2.52. The molecule has 2 aliphatic heterocycles. The number of hydrogen-bond donors (Lipinski definition) is 0. The molecule has 0 aromatic heterocycles. The number of carbonyl (C=O) groups is 5. The molecule has 1 aromatic carbocycles. The minimum absolute atomic E-state index is 0.0173. The molecule has 1 aromatic rings. The highest BCUT2D eigenvalue weighted by Crippen LogP contribution is 2.35. The Balaban J connectivity index is 1.24. The second-order valence-electron chi connectivity index (χ2n) is 7.26. The number of ether oxygens (including phenoxy) is 1. The fraction of sp³-hybridized carbons (Fsp3) is 0.381. The Morgan fingerprint density at radius 3 is 1.97 bits per heavy atom. The molecule has 0 N–H and O–H groups in total. The van der Waals surface area contributed by atoms with Crippen molar-refractivity contribution in [3.8, 4) is 0 Å². The molecule has 3 aliphatic rings. The number of benzene rings is 1. The molecule has 4 amide bonds. The first kappa shape index (κ1) is 19.0. The van der Waals surface area contributed by atoms with Crippen LogP contribution < -0.4 is 0 Å². The van der Waals surface area contributed by atoms with Crippen LogP contribution in [0.15, 0.2) is 36.4 Å². The Hall–Kier alpha value is -3.29. The van der Waals surface area contributed by atoms with Crippen molar-refractivity contribution < 1.29 is 28.7 Å². The van der Waals surface area contributed by atoms with E-state index in [0.717, 1.165) is 9.80 Å². The molecular weight excluding hydrogens is 376 g/mol.